The molecule has 0 aliphatic heterocycles. The van der Waals surface area contributed by atoms with E-state index in [1.54, 1.807) is 0 Å². The molecule has 0 radical (unpaired) electrons. The molecule has 1 aromatic rings. The van der Waals surface area contributed by atoms with Gasteiger partial charge in [0.05, 0.1) is 0 Å². The average Bonchev–Trinajstić information content (AvgIpc) is 2.36. The van der Waals surface area contributed by atoms with Crippen molar-refractivity contribution < 1.29 is 14.3 Å². The molecule has 4 nitrogen and oxygen atoms in total. The van der Waals surface area contributed by atoms with Gasteiger partial charge in [0, 0.05) is 12.6 Å². The van der Waals surface area contributed by atoms with Gasteiger partial charge in [0.2, 0.25) is 0 Å². The second-order valence-electron chi connectivity index (χ2n) is 4.90. The van der Waals surface area contributed by atoms with Gasteiger partial charge in [0.25, 0.3) is 0 Å². The van der Waals surface area contributed by atoms with Crippen molar-refractivity contribution in [3.05, 3.63) is 29.8 Å². The monoisotopic (exact) mass is 265 g/mol. The summed E-state index contributed by atoms with van der Waals surface area (Å²) < 4.78 is 10.5. The maximum Gasteiger partial charge on any atom is 0.344 e. The second kappa shape index (κ2) is 7.79. The molecular weight excluding hydrogens is 242 g/mol. The lowest BCUT2D eigenvalue weighted by Crippen LogP contribution is -2.31. The Bertz CT molecular complexity index is 404. The fraction of sp³-hybridized carbons (Fsp3) is 0.533. The predicted octanol–water partition coefficient (Wildman–Crippen LogP) is 2.26. The van der Waals surface area contributed by atoms with E-state index in [-0.39, 0.29) is 12.6 Å². The van der Waals surface area contributed by atoms with E-state index >= 15 is 0 Å². The van der Waals surface area contributed by atoms with Gasteiger partial charge < -0.3 is 14.4 Å². The van der Waals surface area contributed by atoms with Crippen LogP contribution in [0.15, 0.2) is 24.3 Å². The molecule has 0 fully saturated rings. The number of carbonyl (C=O) groups excluding carboxylic acids is 1. The Morgan fingerprint density at radius 1 is 1.37 bits per heavy atom. The molecule has 0 atom stereocenters. The summed E-state index contributed by atoms with van der Waals surface area (Å²) in [6.45, 7) is 7.26. The van der Waals surface area contributed by atoms with Crippen LogP contribution in [0.4, 0.5) is 0 Å². The number of carbonyl (C=O) groups is 1. The van der Waals surface area contributed by atoms with Crippen molar-refractivity contribution in [3.63, 3.8) is 0 Å². The third-order valence-electron chi connectivity index (χ3n) is 2.93. The van der Waals surface area contributed by atoms with Gasteiger partial charge in [0.1, 0.15) is 12.4 Å². The van der Waals surface area contributed by atoms with Crippen molar-refractivity contribution in [2.24, 2.45) is 0 Å². The molecule has 1 rings (SSSR count). The topological polar surface area (TPSA) is 38.8 Å². The van der Waals surface area contributed by atoms with Crippen molar-refractivity contribution in [2.45, 2.75) is 26.8 Å². The van der Waals surface area contributed by atoms with Crippen molar-refractivity contribution in [1.82, 2.24) is 4.90 Å². The molecule has 0 aromatic heterocycles. The highest BCUT2D eigenvalue weighted by Crippen LogP contribution is 2.12. The SMILES string of the molecule is Cc1cccc(OCC(=O)OCCN(C)C(C)C)c1. The Labute approximate surface area is 115 Å². The first kappa shape index (κ1) is 15.5. The van der Waals surface area contributed by atoms with Crippen LogP contribution in [-0.4, -0.2) is 43.7 Å². The maximum atomic E-state index is 11.5. The summed E-state index contributed by atoms with van der Waals surface area (Å²) in [5.41, 5.74) is 1.10. The number of likely N-dealkylation sites (N-methyl/N-ethyl adjacent to an activating group) is 1. The molecule has 0 bridgehead atoms. The van der Waals surface area contributed by atoms with E-state index in [1.165, 1.54) is 0 Å². The Kier molecular flexibility index (Phi) is 6.36. The maximum absolute atomic E-state index is 11.5. The van der Waals surface area contributed by atoms with Gasteiger partial charge in [-0.2, -0.15) is 0 Å². The van der Waals surface area contributed by atoms with E-state index in [1.807, 2.05) is 38.2 Å². The summed E-state index contributed by atoms with van der Waals surface area (Å²) in [4.78, 5) is 13.6. The standard InChI is InChI=1S/C15H23NO3/c1-12(2)16(4)8-9-18-15(17)11-19-14-7-5-6-13(3)10-14/h5-7,10,12H,8-9,11H2,1-4H3. The van der Waals surface area contributed by atoms with Crippen molar-refractivity contribution in [2.75, 3.05) is 26.8 Å². The van der Waals surface area contributed by atoms with E-state index in [2.05, 4.69) is 18.7 Å². The summed E-state index contributed by atoms with van der Waals surface area (Å²) in [6.07, 6.45) is 0. The van der Waals surface area contributed by atoms with Crippen molar-refractivity contribution in [1.29, 1.82) is 0 Å². The molecule has 106 valence electrons. The highest BCUT2D eigenvalue weighted by Gasteiger charge is 2.07. The Balaban J connectivity index is 2.21. The minimum Gasteiger partial charge on any atom is -0.482 e. The van der Waals surface area contributed by atoms with Crippen LogP contribution in [0.1, 0.15) is 19.4 Å². The Hall–Kier alpha value is -1.55. The zero-order valence-electron chi connectivity index (χ0n) is 12.2. The smallest absolute Gasteiger partial charge is 0.344 e. The third kappa shape index (κ3) is 6.25. The van der Waals surface area contributed by atoms with Crippen LogP contribution in [0.3, 0.4) is 0 Å². The van der Waals surface area contributed by atoms with E-state index in [0.29, 0.717) is 18.4 Å². The van der Waals surface area contributed by atoms with Crippen LogP contribution < -0.4 is 4.74 Å². The lowest BCUT2D eigenvalue weighted by atomic mass is 10.2. The van der Waals surface area contributed by atoms with Gasteiger partial charge in [-0.05, 0) is 45.5 Å². The zero-order chi connectivity index (χ0) is 14.3. The number of ether oxygens (including phenoxy) is 2. The van der Waals surface area contributed by atoms with Crippen LogP contribution in [-0.2, 0) is 9.53 Å². The number of esters is 1. The highest BCUT2D eigenvalue weighted by atomic mass is 16.6. The fourth-order valence-corrected chi connectivity index (χ4v) is 1.45. The number of rotatable bonds is 7. The van der Waals surface area contributed by atoms with Gasteiger partial charge in [0.15, 0.2) is 6.61 Å². The molecule has 0 spiro atoms. The van der Waals surface area contributed by atoms with Gasteiger partial charge in [-0.3, -0.25) is 0 Å². The molecule has 19 heavy (non-hydrogen) atoms. The van der Waals surface area contributed by atoms with Gasteiger partial charge >= 0.3 is 5.97 Å². The Morgan fingerprint density at radius 2 is 2.11 bits per heavy atom. The van der Waals surface area contributed by atoms with Gasteiger partial charge in [-0.1, -0.05) is 12.1 Å². The van der Waals surface area contributed by atoms with Crippen LogP contribution in [0.25, 0.3) is 0 Å². The molecule has 0 saturated heterocycles. The Morgan fingerprint density at radius 3 is 2.74 bits per heavy atom. The van der Waals surface area contributed by atoms with Crippen molar-refractivity contribution in [3.8, 4) is 5.75 Å². The van der Waals surface area contributed by atoms with E-state index in [9.17, 15) is 4.79 Å². The van der Waals surface area contributed by atoms with E-state index < -0.39 is 0 Å². The summed E-state index contributed by atoms with van der Waals surface area (Å²) in [7, 11) is 2.00. The summed E-state index contributed by atoms with van der Waals surface area (Å²) in [5, 5.41) is 0. The van der Waals surface area contributed by atoms with E-state index in [0.717, 1.165) is 12.1 Å². The predicted molar refractivity (Wildman–Crippen MR) is 75.4 cm³/mol. The molecule has 0 aliphatic carbocycles. The first-order valence-corrected chi connectivity index (χ1v) is 6.54. The van der Waals surface area contributed by atoms with E-state index in [4.69, 9.17) is 9.47 Å². The lowest BCUT2D eigenvalue weighted by molar-refractivity contribution is -0.146. The molecule has 4 heteroatoms. The zero-order valence-corrected chi connectivity index (χ0v) is 12.2. The molecule has 1 aromatic carbocycles. The van der Waals surface area contributed by atoms with Crippen molar-refractivity contribution >= 4 is 5.97 Å². The molecule has 0 amide bonds. The fourth-order valence-electron chi connectivity index (χ4n) is 1.45. The molecule has 0 unspecified atom stereocenters. The molecule has 0 N–H and O–H groups in total. The number of aryl methyl sites for hydroxylation is 1. The third-order valence-corrected chi connectivity index (χ3v) is 2.93. The second-order valence-corrected chi connectivity index (χ2v) is 4.90. The van der Waals surface area contributed by atoms with Gasteiger partial charge in [-0.15, -0.1) is 0 Å². The first-order chi connectivity index (χ1) is 8.99. The van der Waals surface area contributed by atoms with Crippen LogP contribution in [0.5, 0.6) is 5.75 Å². The van der Waals surface area contributed by atoms with Crippen LogP contribution in [0, 0.1) is 6.92 Å². The van der Waals surface area contributed by atoms with Gasteiger partial charge in [-0.25, -0.2) is 4.79 Å². The first-order valence-electron chi connectivity index (χ1n) is 6.54. The molecule has 0 aliphatic rings. The highest BCUT2D eigenvalue weighted by molar-refractivity contribution is 5.71. The quantitative estimate of drug-likeness (QED) is 0.709. The lowest BCUT2D eigenvalue weighted by Gasteiger charge is -2.20. The molecular formula is C15H23NO3. The number of nitrogens with zero attached hydrogens (tertiary/aromatic N) is 1. The minimum atomic E-state index is -0.335. The largest absolute Gasteiger partial charge is 0.482 e. The summed E-state index contributed by atoms with van der Waals surface area (Å²) in [5.74, 6) is 0.356. The number of benzene rings is 1. The molecule has 0 saturated carbocycles. The van der Waals surface area contributed by atoms with Crippen LogP contribution in [0.2, 0.25) is 0 Å². The minimum absolute atomic E-state index is 0.0468. The average molecular weight is 265 g/mol. The number of hydrogen-bond acceptors (Lipinski definition) is 4. The normalized spacial score (nSPS) is 10.8. The van der Waals surface area contributed by atoms with Crippen LogP contribution >= 0.6 is 0 Å². The summed E-state index contributed by atoms with van der Waals surface area (Å²) >= 11 is 0. The summed E-state index contributed by atoms with van der Waals surface area (Å²) in [6, 6.07) is 8.04. The molecule has 0 heterocycles. The number of hydrogen-bond donors (Lipinski definition) is 0.